The van der Waals surface area contributed by atoms with Gasteiger partial charge in [-0.25, -0.2) is 0 Å². The third-order valence-corrected chi connectivity index (χ3v) is 2.42. The number of primary amides is 1. The Bertz CT molecular complexity index is 494. The number of nitrogens with zero attached hydrogens (tertiary/aromatic N) is 3. The molecule has 0 saturated heterocycles. The molecule has 17 heavy (non-hydrogen) atoms. The van der Waals surface area contributed by atoms with Crippen molar-refractivity contribution < 1.29 is 4.79 Å². The molecule has 6 nitrogen and oxygen atoms in total. The molecule has 0 aliphatic heterocycles. The summed E-state index contributed by atoms with van der Waals surface area (Å²) in [5, 5.41) is 13.8. The standard InChI is InChI=1S/C11H13N5O/c12-10(17)6-2-4-8-3-1-5-9(7-8)11-13-15-16-14-11/h1,3,5,7H,2,4,6H2,(H2,12,17)(H,13,14,15,16). The number of hydrogen-bond donors (Lipinski definition) is 2. The minimum Gasteiger partial charge on any atom is -0.370 e. The monoisotopic (exact) mass is 231 g/mol. The van der Waals surface area contributed by atoms with Crippen LogP contribution in [0.15, 0.2) is 24.3 Å². The Balaban J connectivity index is 2.04. The van der Waals surface area contributed by atoms with Crippen LogP contribution in [0.1, 0.15) is 18.4 Å². The fraction of sp³-hybridized carbons (Fsp3) is 0.273. The molecular formula is C11H13N5O. The number of H-pyrrole nitrogens is 1. The quantitative estimate of drug-likeness (QED) is 0.790. The molecule has 0 spiro atoms. The zero-order valence-electron chi connectivity index (χ0n) is 9.26. The van der Waals surface area contributed by atoms with Crippen LogP contribution < -0.4 is 5.73 Å². The van der Waals surface area contributed by atoms with Crippen molar-refractivity contribution in [1.29, 1.82) is 0 Å². The van der Waals surface area contributed by atoms with Gasteiger partial charge in [-0.3, -0.25) is 4.79 Å². The Kier molecular flexibility index (Phi) is 3.44. The molecule has 0 fully saturated rings. The first kappa shape index (κ1) is 11.3. The second-order valence-corrected chi connectivity index (χ2v) is 3.76. The topological polar surface area (TPSA) is 97.5 Å². The summed E-state index contributed by atoms with van der Waals surface area (Å²) in [6.45, 7) is 0. The van der Waals surface area contributed by atoms with E-state index in [4.69, 9.17) is 5.73 Å². The minimum absolute atomic E-state index is 0.265. The second-order valence-electron chi connectivity index (χ2n) is 3.76. The number of aromatic nitrogens is 4. The molecule has 1 aromatic heterocycles. The zero-order valence-corrected chi connectivity index (χ0v) is 9.26. The van der Waals surface area contributed by atoms with Gasteiger partial charge in [-0.1, -0.05) is 18.2 Å². The van der Waals surface area contributed by atoms with Crippen LogP contribution in [0.25, 0.3) is 11.4 Å². The minimum atomic E-state index is -0.265. The van der Waals surface area contributed by atoms with Crippen LogP contribution in [0.5, 0.6) is 0 Å². The fourth-order valence-electron chi connectivity index (χ4n) is 1.62. The van der Waals surface area contributed by atoms with Crippen molar-refractivity contribution in [2.75, 3.05) is 0 Å². The molecule has 0 aliphatic carbocycles. The Morgan fingerprint density at radius 3 is 3.00 bits per heavy atom. The van der Waals surface area contributed by atoms with E-state index in [-0.39, 0.29) is 5.91 Å². The van der Waals surface area contributed by atoms with Crippen molar-refractivity contribution in [2.45, 2.75) is 19.3 Å². The van der Waals surface area contributed by atoms with Gasteiger partial charge in [-0.05, 0) is 29.7 Å². The predicted molar refractivity (Wildman–Crippen MR) is 61.7 cm³/mol. The van der Waals surface area contributed by atoms with E-state index in [1.807, 2.05) is 24.3 Å². The van der Waals surface area contributed by atoms with Crippen LogP contribution >= 0.6 is 0 Å². The molecule has 0 bridgehead atoms. The highest BCUT2D eigenvalue weighted by Gasteiger charge is 2.03. The molecule has 2 rings (SSSR count). The number of hydrogen-bond acceptors (Lipinski definition) is 4. The van der Waals surface area contributed by atoms with Gasteiger partial charge in [-0.2, -0.15) is 5.21 Å². The smallest absolute Gasteiger partial charge is 0.217 e. The number of benzene rings is 1. The largest absolute Gasteiger partial charge is 0.370 e. The average Bonchev–Trinajstić information content (AvgIpc) is 2.82. The molecule has 1 aromatic carbocycles. The van der Waals surface area contributed by atoms with E-state index in [1.165, 1.54) is 0 Å². The second kappa shape index (κ2) is 5.20. The van der Waals surface area contributed by atoms with Gasteiger partial charge in [0.1, 0.15) is 0 Å². The first-order valence-corrected chi connectivity index (χ1v) is 5.37. The highest BCUT2D eigenvalue weighted by atomic mass is 16.1. The molecule has 6 heteroatoms. The molecule has 0 aliphatic rings. The van der Waals surface area contributed by atoms with Crippen molar-refractivity contribution in [1.82, 2.24) is 20.6 Å². The number of nitrogens with one attached hydrogen (secondary N) is 1. The molecule has 88 valence electrons. The third-order valence-electron chi connectivity index (χ3n) is 2.42. The van der Waals surface area contributed by atoms with Crippen LogP contribution in [-0.4, -0.2) is 26.5 Å². The summed E-state index contributed by atoms with van der Waals surface area (Å²) < 4.78 is 0. The van der Waals surface area contributed by atoms with Crippen molar-refractivity contribution in [3.05, 3.63) is 29.8 Å². The molecule has 0 atom stereocenters. The van der Waals surface area contributed by atoms with E-state index in [0.29, 0.717) is 12.2 Å². The van der Waals surface area contributed by atoms with E-state index >= 15 is 0 Å². The third kappa shape index (κ3) is 3.10. The van der Waals surface area contributed by atoms with Crippen molar-refractivity contribution in [3.63, 3.8) is 0 Å². The maximum atomic E-state index is 10.6. The Hall–Kier alpha value is -2.24. The number of aromatic amines is 1. The van der Waals surface area contributed by atoms with Crippen LogP contribution in [0.2, 0.25) is 0 Å². The molecule has 3 N–H and O–H groups in total. The predicted octanol–water partition coefficient (Wildman–Crippen LogP) is 0.675. The van der Waals surface area contributed by atoms with E-state index < -0.39 is 0 Å². The van der Waals surface area contributed by atoms with E-state index in [1.54, 1.807) is 0 Å². The van der Waals surface area contributed by atoms with Gasteiger partial charge >= 0.3 is 0 Å². The molecule has 2 aromatic rings. The van der Waals surface area contributed by atoms with Gasteiger partial charge < -0.3 is 5.73 Å². The van der Waals surface area contributed by atoms with E-state index in [9.17, 15) is 4.79 Å². The lowest BCUT2D eigenvalue weighted by atomic mass is 10.0. The van der Waals surface area contributed by atoms with Crippen LogP contribution in [0.3, 0.4) is 0 Å². The number of carbonyl (C=O) groups excluding carboxylic acids is 1. The fourth-order valence-corrected chi connectivity index (χ4v) is 1.62. The summed E-state index contributed by atoms with van der Waals surface area (Å²) in [6.07, 6.45) is 1.98. The molecular weight excluding hydrogens is 218 g/mol. The van der Waals surface area contributed by atoms with E-state index in [0.717, 1.165) is 24.0 Å². The van der Waals surface area contributed by atoms with Crippen LogP contribution in [-0.2, 0) is 11.2 Å². The maximum Gasteiger partial charge on any atom is 0.217 e. The summed E-state index contributed by atoms with van der Waals surface area (Å²) in [7, 11) is 0. The lowest BCUT2D eigenvalue weighted by molar-refractivity contribution is -0.118. The Labute approximate surface area is 98.2 Å². The van der Waals surface area contributed by atoms with Gasteiger partial charge in [0.2, 0.25) is 11.7 Å². The number of aryl methyl sites for hydroxylation is 1. The Morgan fingerprint density at radius 1 is 1.41 bits per heavy atom. The van der Waals surface area contributed by atoms with Gasteiger partial charge in [-0.15, -0.1) is 10.2 Å². The first-order chi connectivity index (χ1) is 8.25. The highest BCUT2D eigenvalue weighted by Crippen LogP contribution is 2.16. The van der Waals surface area contributed by atoms with Crippen LogP contribution in [0, 0.1) is 0 Å². The average molecular weight is 231 g/mol. The SMILES string of the molecule is NC(=O)CCCc1cccc(-c2nn[nH]n2)c1. The summed E-state index contributed by atoms with van der Waals surface area (Å²) in [5.41, 5.74) is 7.14. The van der Waals surface area contributed by atoms with E-state index in [2.05, 4.69) is 20.6 Å². The highest BCUT2D eigenvalue weighted by molar-refractivity contribution is 5.73. The van der Waals surface area contributed by atoms with Crippen molar-refractivity contribution in [2.24, 2.45) is 5.73 Å². The van der Waals surface area contributed by atoms with Crippen molar-refractivity contribution >= 4 is 5.91 Å². The van der Waals surface area contributed by atoms with Gasteiger partial charge in [0.25, 0.3) is 0 Å². The molecule has 0 saturated carbocycles. The molecule has 1 heterocycles. The number of nitrogens with two attached hydrogens (primary N) is 1. The summed E-state index contributed by atoms with van der Waals surface area (Å²) >= 11 is 0. The molecule has 1 amide bonds. The number of rotatable bonds is 5. The normalized spacial score (nSPS) is 10.4. The first-order valence-electron chi connectivity index (χ1n) is 5.37. The van der Waals surface area contributed by atoms with Crippen LogP contribution in [0.4, 0.5) is 0 Å². The number of carbonyl (C=O) groups is 1. The van der Waals surface area contributed by atoms with Crippen molar-refractivity contribution in [3.8, 4) is 11.4 Å². The summed E-state index contributed by atoms with van der Waals surface area (Å²) in [4.78, 5) is 10.6. The van der Waals surface area contributed by atoms with Gasteiger partial charge in [0.15, 0.2) is 0 Å². The lowest BCUT2D eigenvalue weighted by Crippen LogP contribution is -2.10. The number of amides is 1. The molecule has 0 radical (unpaired) electrons. The Morgan fingerprint density at radius 2 is 2.29 bits per heavy atom. The van der Waals surface area contributed by atoms with Gasteiger partial charge in [0, 0.05) is 12.0 Å². The zero-order chi connectivity index (χ0) is 12.1. The molecule has 0 unspecified atom stereocenters. The number of tetrazole rings is 1. The van der Waals surface area contributed by atoms with Gasteiger partial charge in [0.05, 0.1) is 0 Å². The summed E-state index contributed by atoms with van der Waals surface area (Å²) in [5.74, 6) is 0.307. The maximum absolute atomic E-state index is 10.6. The summed E-state index contributed by atoms with van der Waals surface area (Å²) in [6, 6.07) is 7.85. The lowest BCUT2D eigenvalue weighted by Gasteiger charge is -2.01.